The number of aromatic nitrogens is 1. The van der Waals surface area contributed by atoms with Gasteiger partial charge in [0.05, 0.1) is 0 Å². The Kier molecular flexibility index (Phi) is 2.12. The molecule has 1 heterocycles. The molecule has 0 bridgehead atoms. The summed E-state index contributed by atoms with van der Waals surface area (Å²) < 4.78 is 0.918. The number of hydrogen-bond acceptors (Lipinski definition) is 1. The van der Waals surface area contributed by atoms with E-state index in [1.165, 1.54) is 11.8 Å². The number of rotatable bonds is 1. The number of benzene rings is 1. The number of pyridine rings is 1. The lowest BCUT2D eigenvalue weighted by atomic mass is 10.0. The standard InChI is InChI=1S/C12H13NO/c1-9(2)11-6-5-10-4-3-7-13(14)12(10)8-11/h3-9H,1-2H3. The zero-order valence-corrected chi connectivity index (χ0v) is 8.40. The zero-order valence-electron chi connectivity index (χ0n) is 8.40. The van der Waals surface area contributed by atoms with Gasteiger partial charge < -0.3 is 5.21 Å². The van der Waals surface area contributed by atoms with Gasteiger partial charge in [0.1, 0.15) is 0 Å². The molecule has 0 aliphatic heterocycles. The SMILES string of the molecule is CC(C)c1ccc2ccc[n+]([O-])c2c1. The van der Waals surface area contributed by atoms with Crippen molar-refractivity contribution in [2.75, 3.05) is 0 Å². The summed E-state index contributed by atoms with van der Waals surface area (Å²) in [7, 11) is 0. The van der Waals surface area contributed by atoms with Crippen LogP contribution in [0.2, 0.25) is 0 Å². The molecule has 2 heteroatoms. The Bertz CT molecular complexity index is 463. The number of hydrogen-bond donors (Lipinski definition) is 0. The third-order valence-corrected chi connectivity index (χ3v) is 2.46. The predicted octanol–water partition coefficient (Wildman–Crippen LogP) is 2.60. The van der Waals surface area contributed by atoms with Crippen molar-refractivity contribution in [1.82, 2.24) is 0 Å². The van der Waals surface area contributed by atoms with Crippen molar-refractivity contribution in [3.8, 4) is 0 Å². The molecule has 0 saturated carbocycles. The first-order valence-electron chi connectivity index (χ1n) is 4.80. The molecule has 0 aliphatic rings. The van der Waals surface area contributed by atoms with E-state index in [0.717, 1.165) is 15.6 Å². The molecule has 0 saturated heterocycles. The van der Waals surface area contributed by atoms with Crippen LogP contribution in [0.1, 0.15) is 25.3 Å². The van der Waals surface area contributed by atoms with Gasteiger partial charge in [-0.2, -0.15) is 4.73 Å². The van der Waals surface area contributed by atoms with Crippen molar-refractivity contribution in [1.29, 1.82) is 0 Å². The van der Waals surface area contributed by atoms with Gasteiger partial charge in [-0.1, -0.05) is 19.9 Å². The van der Waals surface area contributed by atoms with Crippen LogP contribution in [-0.2, 0) is 0 Å². The zero-order chi connectivity index (χ0) is 10.1. The van der Waals surface area contributed by atoms with Crippen LogP contribution in [0.25, 0.3) is 10.9 Å². The third kappa shape index (κ3) is 1.43. The molecule has 0 fully saturated rings. The molecule has 0 N–H and O–H groups in total. The molecule has 14 heavy (non-hydrogen) atoms. The molecule has 2 rings (SSSR count). The Morgan fingerprint density at radius 3 is 2.71 bits per heavy atom. The normalized spacial score (nSPS) is 11.1. The Morgan fingerprint density at radius 1 is 1.21 bits per heavy atom. The fraction of sp³-hybridized carbons (Fsp3) is 0.250. The molecule has 72 valence electrons. The summed E-state index contributed by atoms with van der Waals surface area (Å²) in [4.78, 5) is 0. The second-order valence-electron chi connectivity index (χ2n) is 3.81. The van der Waals surface area contributed by atoms with E-state index < -0.39 is 0 Å². The van der Waals surface area contributed by atoms with Gasteiger partial charge in [-0.05, 0) is 23.6 Å². The average Bonchev–Trinajstić information content (AvgIpc) is 2.18. The van der Waals surface area contributed by atoms with Gasteiger partial charge in [-0.15, -0.1) is 0 Å². The van der Waals surface area contributed by atoms with Crippen molar-refractivity contribution in [2.45, 2.75) is 19.8 Å². The minimum absolute atomic E-state index is 0.458. The topological polar surface area (TPSA) is 26.9 Å². The lowest BCUT2D eigenvalue weighted by Gasteiger charge is -2.06. The van der Waals surface area contributed by atoms with Crippen LogP contribution < -0.4 is 4.73 Å². The molecular weight excluding hydrogens is 174 g/mol. The van der Waals surface area contributed by atoms with E-state index in [-0.39, 0.29) is 0 Å². The van der Waals surface area contributed by atoms with Crippen molar-refractivity contribution in [2.24, 2.45) is 0 Å². The van der Waals surface area contributed by atoms with Crippen molar-refractivity contribution in [3.63, 3.8) is 0 Å². The van der Waals surface area contributed by atoms with Crippen LogP contribution in [-0.4, -0.2) is 0 Å². The van der Waals surface area contributed by atoms with Crippen LogP contribution >= 0.6 is 0 Å². The maximum atomic E-state index is 11.5. The van der Waals surface area contributed by atoms with Crippen LogP contribution in [0.15, 0.2) is 36.5 Å². The monoisotopic (exact) mass is 187 g/mol. The quantitative estimate of drug-likeness (QED) is 0.498. The highest BCUT2D eigenvalue weighted by Crippen LogP contribution is 2.18. The highest BCUT2D eigenvalue weighted by molar-refractivity contribution is 5.76. The fourth-order valence-electron chi connectivity index (χ4n) is 1.56. The van der Waals surface area contributed by atoms with Crippen LogP contribution in [0, 0.1) is 5.21 Å². The summed E-state index contributed by atoms with van der Waals surface area (Å²) in [6, 6.07) is 9.76. The van der Waals surface area contributed by atoms with Crippen molar-refractivity contribution < 1.29 is 4.73 Å². The van der Waals surface area contributed by atoms with Gasteiger partial charge in [0.2, 0.25) is 5.52 Å². The summed E-state index contributed by atoms with van der Waals surface area (Å²) in [5, 5.41) is 12.5. The van der Waals surface area contributed by atoms with Gasteiger partial charge in [0.15, 0.2) is 6.20 Å². The van der Waals surface area contributed by atoms with Crippen LogP contribution in [0.3, 0.4) is 0 Å². The Hall–Kier alpha value is -1.57. The van der Waals surface area contributed by atoms with Crippen LogP contribution in [0.5, 0.6) is 0 Å². The molecular formula is C12H13NO. The molecule has 2 nitrogen and oxygen atoms in total. The summed E-state index contributed by atoms with van der Waals surface area (Å²) in [5.41, 5.74) is 1.95. The van der Waals surface area contributed by atoms with Gasteiger partial charge in [-0.3, -0.25) is 0 Å². The Labute approximate surface area is 83.4 Å². The average molecular weight is 187 g/mol. The first-order valence-corrected chi connectivity index (χ1v) is 4.80. The fourth-order valence-corrected chi connectivity index (χ4v) is 1.56. The Morgan fingerprint density at radius 2 is 2.00 bits per heavy atom. The second-order valence-corrected chi connectivity index (χ2v) is 3.81. The summed E-state index contributed by atoms with van der Waals surface area (Å²) in [6.07, 6.45) is 1.53. The van der Waals surface area contributed by atoms with E-state index in [9.17, 15) is 5.21 Å². The van der Waals surface area contributed by atoms with Gasteiger partial charge in [0.25, 0.3) is 0 Å². The van der Waals surface area contributed by atoms with Crippen LogP contribution in [0.4, 0.5) is 0 Å². The van der Waals surface area contributed by atoms with E-state index in [1.54, 1.807) is 6.07 Å². The van der Waals surface area contributed by atoms with E-state index in [4.69, 9.17) is 0 Å². The predicted molar refractivity (Wildman–Crippen MR) is 57.0 cm³/mol. The molecule has 0 atom stereocenters. The highest BCUT2D eigenvalue weighted by Gasteiger charge is 2.05. The molecule has 0 spiro atoms. The first kappa shape index (κ1) is 9.00. The molecule has 0 unspecified atom stereocenters. The molecule has 1 aromatic heterocycles. The van der Waals surface area contributed by atoms with Crippen molar-refractivity contribution in [3.05, 3.63) is 47.3 Å². The molecule has 0 aliphatic carbocycles. The summed E-state index contributed by atoms with van der Waals surface area (Å²) in [6.45, 7) is 4.25. The molecule has 1 aromatic carbocycles. The minimum atomic E-state index is 0.458. The van der Waals surface area contributed by atoms with Crippen molar-refractivity contribution >= 4 is 10.9 Å². The second kappa shape index (κ2) is 3.29. The molecule has 0 radical (unpaired) electrons. The first-order chi connectivity index (χ1) is 6.68. The van der Waals surface area contributed by atoms with Gasteiger partial charge in [0, 0.05) is 17.5 Å². The lowest BCUT2D eigenvalue weighted by molar-refractivity contribution is -0.577. The van der Waals surface area contributed by atoms with E-state index >= 15 is 0 Å². The third-order valence-electron chi connectivity index (χ3n) is 2.46. The van der Waals surface area contributed by atoms with Gasteiger partial charge in [-0.25, -0.2) is 0 Å². The lowest BCUT2D eigenvalue weighted by Crippen LogP contribution is -2.25. The highest BCUT2D eigenvalue weighted by atomic mass is 16.5. The maximum absolute atomic E-state index is 11.5. The van der Waals surface area contributed by atoms with Gasteiger partial charge >= 0.3 is 0 Å². The summed E-state index contributed by atoms with van der Waals surface area (Å²) >= 11 is 0. The summed E-state index contributed by atoms with van der Waals surface area (Å²) in [5.74, 6) is 0.458. The largest absolute Gasteiger partial charge is 0.618 e. The minimum Gasteiger partial charge on any atom is -0.618 e. The van der Waals surface area contributed by atoms with E-state index in [2.05, 4.69) is 19.9 Å². The maximum Gasteiger partial charge on any atom is 0.224 e. The smallest absolute Gasteiger partial charge is 0.224 e. The molecule has 0 amide bonds. The number of fused-ring (bicyclic) bond motifs is 1. The number of nitrogens with zero attached hydrogens (tertiary/aromatic N) is 1. The Balaban J connectivity index is 2.70. The molecule has 2 aromatic rings. The van der Waals surface area contributed by atoms with E-state index in [0.29, 0.717) is 5.92 Å². The van der Waals surface area contributed by atoms with E-state index in [1.807, 2.05) is 18.2 Å².